The van der Waals surface area contributed by atoms with Crippen LogP contribution in [0.25, 0.3) is 5.69 Å². The van der Waals surface area contributed by atoms with Crippen molar-refractivity contribution < 1.29 is 9.47 Å². The zero-order valence-corrected chi connectivity index (χ0v) is 21.7. The van der Waals surface area contributed by atoms with E-state index in [1.807, 2.05) is 59.3 Å². The molecule has 8 rings (SSSR count). The molecule has 0 saturated carbocycles. The van der Waals surface area contributed by atoms with E-state index in [2.05, 4.69) is 52.9 Å². The van der Waals surface area contributed by atoms with Crippen molar-refractivity contribution in [2.75, 3.05) is 17.0 Å². The molecular formula is C30H22N6O2S. The number of aryl methyl sites for hydroxylation is 1. The molecule has 3 aliphatic rings. The van der Waals surface area contributed by atoms with Gasteiger partial charge in [0.15, 0.2) is 29.0 Å². The molecule has 0 fully saturated rings. The van der Waals surface area contributed by atoms with E-state index in [-0.39, 0.29) is 12.8 Å². The van der Waals surface area contributed by atoms with Crippen LogP contribution < -0.4 is 19.7 Å². The first-order chi connectivity index (χ1) is 19.2. The number of anilines is 2. The van der Waals surface area contributed by atoms with Crippen molar-refractivity contribution in [2.45, 2.75) is 13.0 Å². The number of hydrogen-bond acceptors (Lipinski definition) is 8. The SMILES string of the molecule is Cc1nn(-c2ccccc2)c2c1[C@H](c1cccs1)N1C(=N2)C(Nc2ccc3c(c2)OCO3)=Nc2ccccc21. The van der Waals surface area contributed by atoms with Gasteiger partial charge in [0.1, 0.15) is 6.04 Å². The standard InChI is InChI=1S/C30H22N6O2S/c1-18-26-27(25-12-7-15-39-25)35-22-11-6-5-10-21(22)32-28(31-19-13-14-23-24(16-19)38-17-37-23)30(35)33-29(26)36(34-18)20-8-3-2-4-9-20/h2-16,27H,17H2,1H3,(H,31,32)/t27-/m0/s1. The largest absolute Gasteiger partial charge is 0.454 e. The molecule has 1 atom stereocenters. The van der Waals surface area contributed by atoms with Gasteiger partial charge in [0.2, 0.25) is 6.79 Å². The van der Waals surface area contributed by atoms with Gasteiger partial charge in [-0.1, -0.05) is 36.4 Å². The molecule has 190 valence electrons. The first kappa shape index (κ1) is 22.1. The molecule has 8 nitrogen and oxygen atoms in total. The zero-order chi connectivity index (χ0) is 25.9. The number of aromatic nitrogens is 2. The minimum atomic E-state index is -0.116. The van der Waals surface area contributed by atoms with E-state index in [0.29, 0.717) is 11.6 Å². The van der Waals surface area contributed by atoms with E-state index in [1.54, 1.807) is 11.3 Å². The third kappa shape index (κ3) is 3.47. The number of fused-ring (bicyclic) bond motifs is 5. The Kier molecular flexibility index (Phi) is 4.86. The normalized spacial score (nSPS) is 16.6. The Balaban J connectivity index is 1.35. The molecular weight excluding hydrogens is 508 g/mol. The quantitative estimate of drug-likeness (QED) is 0.279. The molecule has 2 aromatic heterocycles. The smallest absolute Gasteiger partial charge is 0.231 e. The maximum absolute atomic E-state index is 5.62. The van der Waals surface area contributed by atoms with Crippen LogP contribution >= 0.6 is 11.3 Å². The first-order valence-corrected chi connectivity index (χ1v) is 13.5. The van der Waals surface area contributed by atoms with Gasteiger partial charge in [0.05, 0.1) is 22.8 Å². The van der Waals surface area contributed by atoms with Crippen LogP contribution in [0.3, 0.4) is 0 Å². The van der Waals surface area contributed by atoms with Gasteiger partial charge in [-0.25, -0.2) is 14.7 Å². The second-order valence-corrected chi connectivity index (χ2v) is 10.4. The maximum atomic E-state index is 5.62. The lowest BCUT2D eigenvalue weighted by Crippen LogP contribution is -2.46. The van der Waals surface area contributed by atoms with E-state index < -0.39 is 0 Å². The summed E-state index contributed by atoms with van der Waals surface area (Å²) in [7, 11) is 0. The summed E-state index contributed by atoms with van der Waals surface area (Å²) >= 11 is 1.73. The fourth-order valence-corrected chi connectivity index (χ4v) is 6.20. The van der Waals surface area contributed by atoms with Gasteiger partial charge in [0, 0.05) is 22.2 Å². The molecule has 39 heavy (non-hydrogen) atoms. The second kappa shape index (κ2) is 8.57. The molecule has 5 aromatic rings. The maximum Gasteiger partial charge on any atom is 0.231 e. The molecule has 0 amide bonds. The van der Waals surface area contributed by atoms with Crippen LogP contribution in [0.4, 0.5) is 22.9 Å². The minimum absolute atomic E-state index is 0.116. The summed E-state index contributed by atoms with van der Waals surface area (Å²) in [6, 6.07) is 28.3. The molecule has 5 heterocycles. The molecule has 0 saturated heterocycles. The van der Waals surface area contributed by atoms with E-state index >= 15 is 0 Å². The lowest BCUT2D eigenvalue weighted by Gasteiger charge is -2.40. The number of ether oxygens (including phenoxy) is 2. The number of nitrogens with zero attached hydrogens (tertiary/aromatic N) is 5. The number of amidine groups is 2. The average Bonchev–Trinajstić information content (AvgIpc) is 3.73. The predicted molar refractivity (Wildman–Crippen MR) is 154 cm³/mol. The number of nitrogens with one attached hydrogen (secondary N) is 1. The Labute approximate surface area is 228 Å². The summed E-state index contributed by atoms with van der Waals surface area (Å²) in [6.07, 6.45) is 0. The summed E-state index contributed by atoms with van der Waals surface area (Å²) in [5, 5.41) is 10.6. The van der Waals surface area contributed by atoms with Crippen molar-refractivity contribution in [1.82, 2.24) is 9.78 Å². The van der Waals surface area contributed by atoms with Gasteiger partial charge in [-0.15, -0.1) is 11.3 Å². The van der Waals surface area contributed by atoms with E-state index in [9.17, 15) is 0 Å². The van der Waals surface area contributed by atoms with E-state index in [0.717, 1.165) is 51.4 Å². The van der Waals surface area contributed by atoms with Crippen LogP contribution in [0.2, 0.25) is 0 Å². The summed E-state index contributed by atoms with van der Waals surface area (Å²) in [6.45, 7) is 2.29. The van der Waals surface area contributed by atoms with Crippen LogP contribution in [0.5, 0.6) is 11.5 Å². The number of hydrogen-bond donors (Lipinski definition) is 1. The van der Waals surface area contributed by atoms with Crippen molar-refractivity contribution in [1.29, 1.82) is 0 Å². The monoisotopic (exact) mass is 530 g/mol. The van der Waals surface area contributed by atoms with Gasteiger partial charge in [-0.2, -0.15) is 5.10 Å². The summed E-state index contributed by atoms with van der Waals surface area (Å²) in [5.41, 5.74) is 5.71. The van der Waals surface area contributed by atoms with Gasteiger partial charge in [-0.05, 0) is 54.8 Å². The fraction of sp³-hybridized carbons (Fsp3) is 0.100. The summed E-state index contributed by atoms with van der Waals surface area (Å²) < 4.78 is 13.1. The topological polar surface area (TPSA) is 76.3 Å². The van der Waals surface area contributed by atoms with Gasteiger partial charge in [0.25, 0.3) is 0 Å². The second-order valence-electron chi connectivity index (χ2n) is 9.44. The lowest BCUT2D eigenvalue weighted by atomic mass is 9.98. The third-order valence-electron chi connectivity index (χ3n) is 7.09. The van der Waals surface area contributed by atoms with E-state index in [4.69, 9.17) is 24.6 Å². The number of rotatable bonds is 3. The number of thiophene rings is 1. The first-order valence-electron chi connectivity index (χ1n) is 12.7. The molecule has 0 bridgehead atoms. The number of aliphatic imine (C=N–C) groups is 2. The Morgan fingerprint density at radius 2 is 1.74 bits per heavy atom. The van der Waals surface area contributed by atoms with Crippen LogP contribution in [-0.4, -0.2) is 28.2 Å². The Morgan fingerprint density at radius 3 is 2.62 bits per heavy atom. The molecule has 9 heteroatoms. The molecule has 1 N–H and O–H groups in total. The zero-order valence-electron chi connectivity index (χ0n) is 20.9. The summed E-state index contributed by atoms with van der Waals surface area (Å²) in [5.74, 6) is 3.63. The predicted octanol–water partition coefficient (Wildman–Crippen LogP) is 6.77. The fourth-order valence-electron chi connectivity index (χ4n) is 5.37. The summed E-state index contributed by atoms with van der Waals surface area (Å²) in [4.78, 5) is 13.8. The lowest BCUT2D eigenvalue weighted by molar-refractivity contribution is 0.174. The highest BCUT2D eigenvalue weighted by atomic mass is 32.1. The van der Waals surface area contributed by atoms with Crippen LogP contribution in [0.1, 0.15) is 22.2 Å². The van der Waals surface area contributed by atoms with Crippen LogP contribution in [0.15, 0.2) is 100 Å². The Hall–Kier alpha value is -4.89. The van der Waals surface area contributed by atoms with Gasteiger partial charge in [-0.3, -0.25) is 0 Å². The van der Waals surface area contributed by atoms with Gasteiger partial charge < -0.3 is 19.7 Å². The molecule has 0 spiro atoms. The van der Waals surface area contributed by atoms with Crippen molar-refractivity contribution in [3.63, 3.8) is 0 Å². The van der Waals surface area contributed by atoms with Crippen molar-refractivity contribution in [3.8, 4) is 17.2 Å². The highest BCUT2D eigenvalue weighted by Crippen LogP contribution is 2.49. The molecule has 0 radical (unpaired) electrons. The van der Waals surface area contributed by atoms with Crippen LogP contribution in [0, 0.1) is 6.92 Å². The third-order valence-corrected chi connectivity index (χ3v) is 8.01. The van der Waals surface area contributed by atoms with Crippen LogP contribution in [-0.2, 0) is 0 Å². The molecule has 3 aromatic carbocycles. The highest BCUT2D eigenvalue weighted by molar-refractivity contribution is 7.10. The molecule has 0 unspecified atom stereocenters. The molecule has 3 aliphatic heterocycles. The minimum Gasteiger partial charge on any atom is -0.454 e. The van der Waals surface area contributed by atoms with E-state index in [1.165, 1.54) is 4.88 Å². The molecule has 0 aliphatic carbocycles. The van der Waals surface area contributed by atoms with Gasteiger partial charge >= 0.3 is 0 Å². The van der Waals surface area contributed by atoms with Crippen molar-refractivity contribution in [2.24, 2.45) is 9.98 Å². The number of para-hydroxylation sites is 3. The Bertz CT molecular complexity index is 1790. The van der Waals surface area contributed by atoms with Crippen molar-refractivity contribution >= 4 is 45.9 Å². The highest BCUT2D eigenvalue weighted by Gasteiger charge is 2.41. The number of benzene rings is 3. The Morgan fingerprint density at radius 1 is 0.897 bits per heavy atom. The average molecular weight is 531 g/mol. The van der Waals surface area contributed by atoms with Crippen molar-refractivity contribution in [3.05, 3.63) is 106 Å².